The Hall–Kier alpha value is -2.28. The number of benzene rings is 1. The number of hydrogen-bond donors (Lipinski definition) is 2. The second-order valence-corrected chi connectivity index (χ2v) is 6.88. The van der Waals surface area contributed by atoms with Crippen LogP contribution in [-0.2, 0) is 6.42 Å². The van der Waals surface area contributed by atoms with Crippen LogP contribution in [0.25, 0.3) is 0 Å². The number of nitrogens with zero attached hydrogens (tertiary/aromatic N) is 3. The molecule has 1 aromatic carbocycles. The molecule has 3 rings (SSSR count). The third-order valence-electron chi connectivity index (χ3n) is 4.10. The maximum absolute atomic E-state index is 12.4. The Kier molecular flexibility index (Phi) is 5.20. The normalized spacial score (nSPS) is 16.0. The Morgan fingerprint density at radius 1 is 1.29 bits per heavy atom. The second-order valence-electron chi connectivity index (χ2n) is 6.01. The van der Waals surface area contributed by atoms with Gasteiger partial charge in [-0.25, -0.2) is 9.78 Å². The van der Waals surface area contributed by atoms with Crippen LogP contribution in [0.4, 0.5) is 9.93 Å². The van der Waals surface area contributed by atoms with Gasteiger partial charge in [-0.15, -0.1) is 11.3 Å². The van der Waals surface area contributed by atoms with Crippen molar-refractivity contribution >= 4 is 22.5 Å². The number of anilines is 1. The lowest BCUT2D eigenvalue weighted by Gasteiger charge is -2.35. The van der Waals surface area contributed by atoms with Gasteiger partial charge in [-0.2, -0.15) is 0 Å². The molecule has 1 saturated heterocycles. The Morgan fingerprint density at radius 2 is 2.00 bits per heavy atom. The van der Waals surface area contributed by atoms with E-state index >= 15 is 0 Å². The summed E-state index contributed by atoms with van der Waals surface area (Å²) in [6.07, 6.45) is 2.55. The zero-order chi connectivity index (χ0) is 16.9. The molecule has 0 saturated carbocycles. The first-order valence-corrected chi connectivity index (χ1v) is 8.97. The van der Waals surface area contributed by atoms with Crippen molar-refractivity contribution in [1.29, 1.82) is 0 Å². The Bertz CT molecular complexity index is 652. The van der Waals surface area contributed by atoms with Gasteiger partial charge in [0.05, 0.1) is 0 Å². The molecule has 1 unspecified atom stereocenters. The standard InChI is InChI=1S/C17H22N4O2S/c1-13(12-14-2-4-15(22)5-3-14)19-16(23)20-7-9-21(10-8-20)17-18-6-11-24-17/h2-6,11,13,22H,7-10,12H2,1H3,(H,19,23). The number of urea groups is 1. The first kappa shape index (κ1) is 16.6. The Morgan fingerprint density at radius 3 is 2.62 bits per heavy atom. The molecule has 128 valence electrons. The number of aromatic nitrogens is 1. The van der Waals surface area contributed by atoms with Crippen molar-refractivity contribution in [3.8, 4) is 5.75 Å². The summed E-state index contributed by atoms with van der Waals surface area (Å²) in [6.45, 7) is 5.03. The van der Waals surface area contributed by atoms with E-state index in [1.165, 1.54) is 0 Å². The summed E-state index contributed by atoms with van der Waals surface area (Å²) in [5.41, 5.74) is 1.09. The largest absolute Gasteiger partial charge is 0.508 e. The zero-order valence-electron chi connectivity index (χ0n) is 13.7. The summed E-state index contributed by atoms with van der Waals surface area (Å²) in [5.74, 6) is 0.258. The maximum atomic E-state index is 12.4. The van der Waals surface area contributed by atoms with E-state index in [2.05, 4.69) is 15.2 Å². The molecule has 2 heterocycles. The lowest BCUT2D eigenvalue weighted by molar-refractivity contribution is 0.191. The maximum Gasteiger partial charge on any atom is 0.317 e. The molecule has 2 aromatic rings. The molecule has 0 aliphatic carbocycles. The molecule has 0 bridgehead atoms. The monoisotopic (exact) mass is 346 g/mol. The highest BCUT2D eigenvalue weighted by molar-refractivity contribution is 7.13. The van der Waals surface area contributed by atoms with E-state index in [4.69, 9.17) is 0 Å². The molecule has 1 fully saturated rings. The van der Waals surface area contributed by atoms with Gasteiger partial charge in [0, 0.05) is 43.8 Å². The van der Waals surface area contributed by atoms with Crippen LogP contribution < -0.4 is 10.2 Å². The fourth-order valence-corrected chi connectivity index (χ4v) is 3.51. The fraction of sp³-hybridized carbons (Fsp3) is 0.412. The molecule has 6 nitrogen and oxygen atoms in total. The number of rotatable bonds is 4. The summed E-state index contributed by atoms with van der Waals surface area (Å²) in [7, 11) is 0. The molecule has 2 N–H and O–H groups in total. The van der Waals surface area contributed by atoms with Crippen molar-refractivity contribution in [3.05, 3.63) is 41.4 Å². The van der Waals surface area contributed by atoms with Gasteiger partial charge in [-0.1, -0.05) is 12.1 Å². The third-order valence-corrected chi connectivity index (χ3v) is 4.94. The van der Waals surface area contributed by atoms with E-state index in [1.54, 1.807) is 23.5 Å². The number of amides is 2. The van der Waals surface area contributed by atoms with E-state index in [-0.39, 0.29) is 17.8 Å². The number of phenols is 1. The van der Waals surface area contributed by atoms with Gasteiger partial charge in [0.2, 0.25) is 0 Å². The van der Waals surface area contributed by atoms with E-state index in [0.717, 1.165) is 30.2 Å². The summed E-state index contributed by atoms with van der Waals surface area (Å²) < 4.78 is 0. The number of phenolic OH excluding ortho intramolecular Hbond substituents is 1. The number of piperazine rings is 1. The quantitative estimate of drug-likeness (QED) is 0.891. The van der Waals surface area contributed by atoms with Crippen molar-refractivity contribution in [1.82, 2.24) is 15.2 Å². The fourth-order valence-electron chi connectivity index (χ4n) is 2.81. The van der Waals surface area contributed by atoms with Gasteiger partial charge in [0.15, 0.2) is 5.13 Å². The number of hydrogen-bond acceptors (Lipinski definition) is 5. The molecule has 1 aliphatic rings. The van der Waals surface area contributed by atoms with E-state index < -0.39 is 0 Å². The van der Waals surface area contributed by atoms with Crippen molar-refractivity contribution < 1.29 is 9.90 Å². The molecule has 2 amide bonds. The molecule has 0 spiro atoms. The zero-order valence-corrected chi connectivity index (χ0v) is 14.5. The number of carbonyl (C=O) groups is 1. The number of carbonyl (C=O) groups excluding carboxylic acids is 1. The van der Waals surface area contributed by atoms with E-state index in [9.17, 15) is 9.90 Å². The number of thiazole rings is 1. The minimum absolute atomic E-state index is 0.0138. The molecular weight excluding hydrogens is 324 g/mol. The highest BCUT2D eigenvalue weighted by Crippen LogP contribution is 2.19. The van der Waals surface area contributed by atoms with Crippen LogP contribution in [0.5, 0.6) is 5.75 Å². The second kappa shape index (κ2) is 7.53. The molecular formula is C17H22N4O2S. The molecule has 1 aromatic heterocycles. The number of aromatic hydroxyl groups is 1. The van der Waals surface area contributed by atoms with Gasteiger partial charge >= 0.3 is 6.03 Å². The Labute approximate surface area is 145 Å². The summed E-state index contributed by atoms with van der Waals surface area (Å²) >= 11 is 1.63. The van der Waals surface area contributed by atoms with Crippen molar-refractivity contribution in [2.45, 2.75) is 19.4 Å². The van der Waals surface area contributed by atoms with E-state index in [0.29, 0.717) is 13.1 Å². The smallest absolute Gasteiger partial charge is 0.317 e. The predicted octanol–water partition coefficient (Wildman–Crippen LogP) is 2.31. The van der Waals surface area contributed by atoms with Crippen molar-refractivity contribution in [2.24, 2.45) is 0 Å². The van der Waals surface area contributed by atoms with Crippen LogP contribution in [-0.4, -0.2) is 53.2 Å². The van der Waals surface area contributed by atoms with Crippen LogP contribution in [0.1, 0.15) is 12.5 Å². The van der Waals surface area contributed by atoms with Gasteiger partial charge in [-0.3, -0.25) is 0 Å². The summed E-state index contributed by atoms with van der Waals surface area (Å²) in [5, 5.41) is 15.4. The minimum Gasteiger partial charge on any atom is -0.508 e. The first-order valence-electron chi connectivity index (χ1n) is 8.09. The highest BCUT2D eigenvalue weighted by Gasteiger charge is 2.23. The summed E-state index contributed by atoms with van der Waals surface area (Å²) in [6, 6.07) is 7.12. The third kappa shape index (κ3) is 4.17. The van der Waals surface area contributed by atoms with E-state index in [1.807, 2.05) is 35.5 Å². The SMILES string of the molecule is CC(Cc1ccc(O)cc1)NC(=O)N1CCN(c2nccs2)CC1. The average Bonchev–Trinajstić information content (AvgIpc) is 3.11. The molecule has 0 radical (unpaired) electrons. The minimum atomic E-state index is -0.0138. The van der Waals surface area contributed by atoms with Crippen LogP contribution in [0.3, 0.4) is 0 Å². The van der Waals surface area contributed by atoms with Gasteiger partial charge in [-0.05, 0) is 31.0 Å². The van der Waals surface area contributed by atoms with Gasteiger partial charge in [0.1, 0.15) is 5.75 Å². The van der Waals surface area contributed by atoms with Crippen LogP contribution in [0.15, 0.2) is 35.8 Å². The van der Waals surface area contributed by atoms with Gasteiger partial charge in [0.25, 0.3) is 0 Å². The Balaban J connectivity index is 1.46. The lowest BCUT2D eigenvalue weighted by atomic mass is 10.1. The van der Waals surface area contributed by atoms with Crippen LogP contribution >= 0.6 is 11.3 Å². The first-order chi connectivity index (χ1) is 11.6. The molecule has 1 aliphatic heterocycles. The van der Waals surface area contributed by atoms with Crippen molar-refractivity contribution in [2.75, 3.05) is 31.1 Å². The topological polar surface area (TPSA) is 68.7 Å². The molecule has 7 heteroatoms. The average molecular weight is 346 g/mol. The molecule has 1 atom stereocenters. The summed E-state index contributed by atoms with van der Waals surface area (Å²) in [4.78, 5) is 20.8. The molecule has 24 heavy (non-hydrogen) atoms. The van der Waals surface area contributed by atoms with Crippen LogP contribution in [0.2, 0.25) is 0 Å². The predicted molar refractivity (Wildman–Crippen MR) is 95.7 cm³/mol. The number of nitrogens with one attached hydrogen (secondary N) is 1. The van der Waals surface area contributed by atoms with Crippen molar-refractivity contribution in [3.63, 3.8) is 0 Å². The van der Waals surface area contributed by atoms with Gasteiger partial charge < -0.3 is 20.2 Å². The lowest BCUT2D eigenvalue weighted by Crippen LogP contribution is -2.53. The highest BCUT2D eigenvalue weighted by atomic mass is 32.1. The van der Waals surface area contributed by atoms with Crippen LogP contribution in [0, 0.1) is 0 Å².